The van der Waals surface area contributed by atoms with Gasteiger partial charge < -0.3 is 15.3 Å². The summed E-state index contributed by atoms with van der Waals surface area (Å²) < 4.78 is 0. The molecule has 6 nitrogen and oxygen atoms in total. The van der Waals surface area contributed by atoms with Gasteiger partial charge in [-0.3, -0.25) is 9.69 Å². The fraction of sp³-hybridized carbons (Fsp3) is 0.300. The lowest BCUT2D eigenvalue weighted by Crippen LogP contribution is -2.43. The summed E-state index contributed by atoms with van der Waals surface area (Å²) in [7, 11) is 0. The summed E-state index contributed by atoms with van der Waals surface area (Å²) in [5.74, 6) is -0.326. The Morgan fingerprint density at radius 1 is 1.00 bits per heavy atom. The number of nitrogens with one attached hydrogen (secondary N) is 1. The monoisotopic (exact) mass is 353 g/mol. The van der Waals surface area contributed by atoms with Crippen LogP contribution >= 0.6 is 0 Å². The number of β-amino-alcohol motifs (C(OH)–C–C–N with tert-alkyl or cyclic N) is 1. The highest BCUT2D eigenvalue weighted by Gasteiger charge is 2.44. The van der Waals surface area contributed by atoms with Crippen molar-refractivity contribution < 1.29 is 14.7 Å². The number of carbonyl (C=O) groups excluding carboxylic acids is 2. The van der Waals surface area contributed by atoms with E-state index in [1.54, 1.807) is 13.8 Å². The number of urea groups is 1. The summed E-state index contributed by atoms with van der Waals surface area (Å²) >= 11 is 0. The highest BCUT2D eigenvalue weighted by molar-refractivity contribution is 6.06. The van der Waals surface area contributed by atoms with E-state index >= 15 is 0 Å². The molecule has 0 unspecified atom stereocenters. The molecule has 1 aliphatic rings. The van der Waals surface area contributed by atoms with Gasteiger partial charge in [-0.1, -0.05) is 36.4 Å². The first-order chi connectivity index (χ1) is 12.4. The minimum atomic E-state index is -0.935. The molecule has 1 aliphatic heterocycles. The topological polar surface area (TPSA) is 72.9 Å². The van der Waals surface area contributed by atoms with Gasteiger partial charge in [-0.05, 0) is 38.1 Å². The first kappa shape index (κ1) is 17.9. The van der Waals surface area contributed by atoms with E-state index in [1.165, 1.54) is 0 Å². The van der Waals surface area contributed by atoms with Crippen LogP contribution in [0.2, 0.25) is 0 Å². The quantitative estimate of drug-likeness (QED) is 0.783. The van der Waals surface area contributed by atoms with E-state index in [-0.39, 0.29) is 19.0 Å². The average molecular weight is 353 g/mol. The molecule has 0 radical (unpaired) electrons. The molecule has 1 atom stereocenters. The maximum Gasteiger partial charge on any atom is 0.325 e. The van der Waals surface area contributed by atoms with Gasteiger partial charge in [-0.2, -0.15) is 0 Å². The summed E-state index contributed by atoms with van der Waals surface area (Å²) in [5.41, 5.74) is 0.917. The highest BCUT2D eigenvalue weighted by atomic mass is 16.3. The van der Waals surface area contributed by atoms with Crippen LogP contribution in [0, 0.1) is 0 Å². The van der Waals surface area contributed by atoms with Crippen LogP contribution in [0.15, 0.2) is 60.7 Å². The molecule has 0 aromatic heterocycles. The van der Waals surface area contributed by atoms with Crippen LogP contribution in [0.4, 0.5) is 16.2 Å². The van der Waals surface area contributed by atoms with Gasteiger partial charge in [-0.15, -0.1) is 0 Å². The number of aliphatic hydroxyl groups is 1. The maximum atomic E-state index is 12.3. The molecule has 0 spiro atoms. The highest BCUT2D eigenvalue weighted by Crippen LogP contribution is 2.25. The number of rotatable bonds is 6. The normalized spacial score (nSPS) is 17.1. The van der Waals surface area contributed by atoms with E-state index in [4.69, 9.17) is 0 Å². The third-order valence-electron chi connectivity index (χ3n) is 4.37. The fourth-order valence-electron chi connectivity index (χ4n) is 3.04. The Bertz CT molecular complexity index is 738. The Hall–Kier alpha value is -2.86. The molecule has 3 rings (SSSR count). The summed E-state index contributed by atoms with van der Waals surface area (Å²) in [4.78, 5) is 27.4. The summed E-state index contributed by atoms with van der Waals surface area (Å²) in [6.07, 6.45) is -0.890. The molecule has 2 aromatic carbocycles. The number of nitrogens with zero attached hydrogens (tertiary/aromatic N) is 2. The maximum absolute atomic E-state index is 12.3. The molecule has 136 valence electrons. The van der Waals surface area contributed by atoms with Gasteiger partial charge in [0.25, 0.3) is 5.91 Å². The largest absolute Gasteiger partial charge is 0.389 e. The second-order valence-corrected chi connectivity index (χ2v) is 6.91. The number of carbonyl (C=O) groups is 2. The van der Waals surface area contributed by atoms with Gasteiger partial charge in [0.1, 0.15) is 5.54 Å². The number of benzene rings is 2. The number of aliphatic hydroxyl groups excluding tert-OH is 1. The van der Waals surface area contributed by atoms with Crippen molar-refractivity contribution in [2.75, 3.05) is 18.0 Å². The van der Waals surface area contributed by atoms with E-state index in [0.717, 1.165) is 16.3 Å². The van der Waals surface area contributed by atoms with Gasteiger partial charge >= 0.3 is 6.03 Å². The molecule has 2 aromatic rings. The number of para-hydroxylation sites is 2. The number of hydrogen-bond acceptors (Lipinski definition) is 4. The van der Waals surface area contributed by atoms with Crippen molar-refractivity contribution in [3.63, 3.8) is 0 Å². The Morgan fingerprint density at radius 3 is 1.92 bits per heavy atom. The van der Waals surface area contributed by atoms with Crippen molar-refractivity contribution in [1.82, 2.24) is 10.2 Å². The number of anilines is 2. The zero-order valence-corrected chi connectivity index (χ0v) is 14.9. The van der Waals surface area contributed by atoms with E-state index in [1.807, 2.05) is 65.6 Å². The smallest absolute Gasteiger partial charge is 0.325 e. The lowest BCUT2D eigenvalue weighted by molar-refractivity contribution is -0.131. The molecule has 1 saturated heterocycles. The summed E-state index contributed by atoms with van der Waals surface area (Å²) in [6, 6.07) is 18.9. The van der Waals surface area contributed by atoms with Crippen LogP contribution in [-0.2, 0) is 4.79 Å². The van der Waals surface area contributed by atoms with Crippen molar-refractivity contribution in [2.45, 2.75) is 25.5 Å². The molecule has 1 heterocycles. The molecule has 0 aliphatic carbocycles. The molecule has 2 N–H and O–H groups in total. The van der Waals surface area contributed by atoms with Crippen molar-refractivity contribution in [3.05, 3.63) is 60.7 Å². The Balaban J connectivity index is 1.77. The van der Waals surface area contributed by atoms with Crippen LogP contribution < -0.4 is 10.2 Å². The molecule has 0 bridgehead atoms. The van der Waals surface area contributed by atoms with Crippen molar-refractivity contribution in [3.8, 4) is 0 Å². The number of amides is 3. The fourth-order valence-corrected chi connectivity index (χ4v) is 3.04. The Morgan fingerprint density at radius 2 is 1.50 bits per heavy atom. The molecular formula is C20H23N3O3. The zero-order valence-electron chi connectivity index (χ0n) is 14.9. The number of imide groups is 1. The van der Waals surface area contributed by atoms with Gasteiger partial charge in [-0.25, -0.2) is 4.79 Å². The van der Waals surface area contributed by atoms with Crippen LogP contribution in [0.1, 0.15) is 13.8 Å². The van der Waals surface area contributed by atoms with E-state index in [2.05, 4.69) is 5.32 Å². The first-order valence-corrected chi connectivity index (χ1v) is 8.58. The van der Waals surface area contributed by atoms with Crippen LogP contribution in [0.3, 0.4) is 0 Å². The molecule has 1 fully saturated rings. The predicted molar refractivity (Wildman–Crippen MR) is 100 cm³/mol. The summed E-state index contributed by atoms with van der Waals surface area (Å²) in [5, 5.41) is 13.2. The van der Waals surface area contributed by atoms with Crippen LogP contribution in [0.25, 0.3) is 0 Å². The SMILES string of the molecule is CC1(C)NC(=O)N(C[C@@H](O)CN(c2ccccc2)c2ccccc2)C1=O. The third kappa shape index (κ3) is 3.70. The molecule has 6 heteroatoms. The van der Waals surface area contributed by atoms with Gasteiger partial charge in [0.15, 0.2) is 0 Å². The molecule has 3 amide bonds. The van der Waals surface area contributed by atoms with Crippen molar-refractivity contribution in [1.29, 1.82) is 0 Å². The van der Waals surface area contributed by atoms with Crippen LogP contribution in [0.5, 0.6) is 0 Å². The molecule has 0 saturated carbocycles. The minimum absolute atomic E-state index is 0.0513. The lowest BCUT2D eigenvalue weighted by atomic mass is 10.1. The predicted octanol–water partition coefficient (Wildman–Crippen LogP) is 2.52. The Labute approximate surface area is 153 Å². The van der Waals surface area contributed by atoms with Crippen LogP contribution in [-0.4, -0.2) is 46.7 Å². The van der Waals surface area contributed by atoms with Crippen molar-refractivity contribution >= 4 is 23.3 Å². The standard InChI is InChI=1S/C20H23N3O3/c1-20(2)18(25)23(19(26)21-20)14-17(24)13-22(15-9-5-3-6-10-15)16-11-7-4-8-12-16/h3-12,17,24H,13-14H2,1-2H3,(H,21,26)/t17-/m0/s1. The average Bonchev–Trinajstić information content (AvgIpc) is 2.83. The summed E-state index contributed by atoms with van der Waals surface area (Å²) in [6.45, 7) is 3.51. The molecule has 26 heavy (non-hydrogen) atoms. The molecular weight excluding hydrogens is 330 g/mol. The van der Waals surface area contributed by atoms with E-state index < -0.39 is 17.7 Å². The second-order valence-electron chi connectivity index (χ2n) is 6.91. The van der Waals surface area contributed by atoms with E-state index in [9.17, 15) is 14.7 Å². The van der Waals surface area contributed by atoms with Crippen molar-refractivity contribution in [2.24, 2.45) is 0 Å². The minimum Gasteiger partial charge on any atom is -0.389 e. The number of hydrogen-bond donors (Lipinski definition) is 2. The van der Waals surface area contributed by atoms with Gasteiger partial charge in [0, 0.05) is 11.4 Å². The Kier molecular flexibility index (Phi) is 4.95. The third-order valence-corrected chi connectivity index (χ3v) is 4.37. The van der Waals surface area contributed by atoms with E-state index in [0.29, 0.717) is 0 Å². The zero-order chi connectivity index (χ0) is 18.7. The first-order valence-electron chi connectivity index (χ1n) is 8.58. The van der Waals surface area contributed by atoms with Gasteiger partial charge in [0.2, 0.25) is 0 Å². The lowest BCUT2D eigenvalue weighted by Gasteiger charge is -2.29. The second kappa shape index (κ2) is 7.17. The van der Waals surface area contributed by atoms with Gasteiger partial charge in [0.05, 0.1) is 19.2 Å².